The topological polar surface area (TPSA) is 30.7 Å². The molecule has 0 N–H and O–H groups in total. The molecule has 12 heavy (non-hydrogen) atoms. The van der Waals surface area contributed by atoms with Crippen molar-refractivity contribution in [1.82, 2.24) is 14.8 Å². The monoisotopic (exact) mass is 161 g/mol. The van der Waals surface area contributed by atoms with E-state index in [0.717, 1.165) is 23.1 Å². The third-order valence-corrected chi connectivity index (χ3v) is 1.90. The Kier molecular flexibility index (Phi) is 1.57. The van der Waals surface area contributed by atoms with Crippen molar-refractivity contribution in [2.75, 3.05) is 0 Å². The molecule has 2 aromatic rings. The Hall–Kier alpha value is -1.38. The second-order valence-electron chi connectivity index (χ2n) is 2.87. The molecule has 0 radical (unpaired) electrons. The van der Waals surface area contributed by atoms with Crippen molar-refractivity contribution in [3.8, 4) is 0 Å². The molecule has 3 nitrogen and oxygen atoms in total. The van der Waals surface area contributed by atoms with Crippen molar-refractivity contribution < 1.29 is 0 Å². The summed E-state index contributed by atoms with van der Waals surface area (Å²) in [6, 6.07) is 4.11. The molecule has 3 heteroatoms. The zero-order valence-corrected chi connectivity index (χ0v) is 7.28. The predicted octanol–water partition coefficient (Wildman–Crippen LogP) is 1.53. The zero-order chi connectivity index (χ0) is 8.55. The van der Waals surface area contributed by atoms with Crippen LogP contribution in [0.2, 0.25) is 0 Å². The molecule has 0 aliphatic carbocycles. The van der Waals surface area contributed by atoms with E-state index in [1.54, 1.807) is 4.68 Å². The summed E-state index contributed by atoms with van der Waals surface area (Å²) in [7, 11) is 1.91. The Morgan fingerprint density at radius 1 is 1.42 bits per heavy atom. The van der Waals surface area contributed by atoms with Gasteiger partial charge in [0.2, 0.25) is 0 Å². The van der Waals surface area contributed by atoms with Crippen LogP contribution in [0.3, 0.4) is 0 Å². The number of hydrogen-bond acceptors (Lipinski definition) is 2. The van der Waals surface area contributed by atoms with Crippen LogP contribution in [0.15, 0.2) is 18.3 Å². The number of aryl methyl sites for hydroxylation is 2. The van der Waals surface area contributed by atoms with E-state index in [9.17, 15) is 0 Å². The summed E-state index contributed by atoms with van der Waals surface area (Å²) in [5.74, 6) is 0. The Morgan fingerprint density at radius 2 is 2.25 bits per heavy atom. The van der Waals surface area contributed by atoms with Gasteiger partial charge < -0.3 is 0 Å². The lowest BCUT2D eigenvalue weighted by Gasteiger charge is -1.92. The fourth-order valence-corrected chi connectivity index (χ4v) is 1.26. The van der Waals surface area contributed by atoms with Gasteiger partial charge >= 0.3 is 0 Å². The Balaban J connectivity index is 2.66. The second-order valence-corrected chi connectivity index (χ2v) is 2.87. The molecule has 0 aliphatic rings. The van der Waals surface area contributed by atoms with Gasteiger partial charge in [0.25, 0.3) is 0 Å². The number of rotatable bonds is 1. The molecule has 0 bridgehead atoms. The summed E-state index contributed by atoms with van der Waals surface area (Å²) in [4.78, 5) is 4.38. The molecular weight excluding hydrogens is 150 g/mol. The number of nitrogens with zero attached hydrogens (tertiary/aromatic N) is 3. The average molecular weight is 161 g/mol. The van der Waals surface area contributed by atoms with Crippen LogP contribution in [0, 0.1) is 0 Å². The van der Waals surface area contributed by atoms with E-state index < -0.39 is 0 Å². The van der Waals surface area contributed by atoms with Crippen LogP contribution in [0.4, 0.5) is 0 Å². The first-order valence-corrected chi connectivity index (χ1v) is 4.09. The third kappa shape index (κ3) is 1.07. The van der Waals surface area contributed by atoms with Gasteiger partial charge in [0, 0.05) is 24.3 Å². The summed E-state index contributed by atoms with van der Waals surface area (Å²) in [6.07, 6.45) is 2.94. The molecule has 2 aromatic heterocycles. The van der Waals surface area contributed by atoms with E-state index >= 15 is 0 Å². The number of fused-ring (bicyclic) bond motifs is 1. The molecule has 0 unspecified atom stereocenters. The van der Waals surface area contributed by atoms with Gasteiger partial charge in [0.15, 0.2) is 5.65 Å². The van der Waals surface area contributed by atoms with Gasteiger partial charge in [-0.15, -0.1) is 0 Å². The lowest BCUT2D eigenvalue weighted by molar-refractivity contribution is 0.775. The molecule has 0 aromatic carbocycles. The highest BCUT2D eigenvalue weighted by molar-refractivity contribution is 5.73. The average Bonchev–Trinajstić information content (AvgIpc) is 2.43. The molecule has 0 saturated carbocycles. The van der Waals surface area contributed by atoms with Gasteiger partial charge in [-0.2, -0.15) is 5.10 Å². The van der Waals surface area contributed by atoms with Crippen molar-refractivity contribution >= 4 is 11.0 Å². The number of hydrogen-bond donors (Lipinski definition) is 0. The summed E-state index contributed by atoms with van der Waals surface area (Å²) < 4.78 is 1.79. The predicted molar refractivity (Wildman–Crippen MR) is 47.9 cm³/mol. The van der Waals surface area contributed by atoms with Gasteiger partial charge in [-0.1, -0.05) is 6.92 Å². The molecule has 0 saturated heterocycles. The first-order chi connectivity index (χ1) is 5.79. The van der Waals surface area contributed by atoms with Gasteiger partial charge in [-0.05, 0) is 18.6 Å². The minimum absolute atomic E-state index is 0.844. The maximum Gasteiger partial charge on any atom is 0.181 e. The highest BCUT2D eigenvalue weighted by atomic mass is 15.3. The van der Waals surface area contributed by atoms with Crippen molar-refractivity contribution in [3.63, 3.8) is 0 Å². The van der Waals surface area contributed by atoms with Gasteiger partial charge in [-0.3, -0.25) is 4.68 Å². The fraction of sp³-hybridized carbons (Fsp3) is 0.333. The van der Waals surface area contributed by atoms with Crippen LogP contribution in [0.1, 0.15) is 12.6 Å². The first kappa shape index (κ1) is 7.28. The van der Waals surface area contributed by atoms with Crippen molar-refractivity contribution in [3.05, 3.63) is 24.0 Å². The highest BCUT2D eigenvalue weighted by Crippen LogP contribution is 2.09. The van der Waals surface area contributed by atoms with Crippen LogP contribution in [0.5, 0.6) is 0 Å². The lowest BCUT2D eigenvalue weighted by atomic mass is 10.2. The van der Waals surface area contributed by atoms with Crippen LogP contribution in [-0.2, 0) is 13.5 Å². The molecule has 62 valence electrons. The van der Waals surface area contributed by atoms with Crippen molar-refractivity contribution in [2.24, 2.45) is 7.05 Å². The molecule has 0 aliphatic heterocycles. The maximum atomic E-state index is 4.38. The first-order valence-electron chi connectivity index (χ1n) is 4.09. The summed E-state index contributed by atoms with van der Waals surface area (Å²) >= 11 is 0. The summed E-state index contributed by atoms with van der Waals surface area (Å²) in [6.45, 7) is 2.09. The molecule has 0 fully saturated rings. The fourth-order valence-electron chi connectivity index (χ4n) is 1.26. The van der Waals surface area contributed by atoms with Crippen LogP contribution >= 0.6 is 0 Å². The van der Waals surface area contributed by atoms with E-state index in [-0.39, 0.29) is 0 Å². The molecule has 0 amide bonds. The normalized spacial score (nSPS) is 10.8. The molecule has 2 rings (SSSR count). The Bertz CT molecular complexity index is 403. The smallest absolute Gasteiger partial charge is 0.181 e. The SMILES string of the molecule is CCc1ccc2cn(C)nc2n1. The summed E-state index contributed by atoms with van der Waals surface area (Å²) in [5, 5.41) is 5.33. The molecular formula is C9H11N3. The number of aromatic nitrogens is 3. The summed E-state index contributed by atoms with van der Waals surface area (Å²) in [5.41, 5.74) is 1.94. The van der Waals surface area contributed by atoms with E-state index in [4.69, 9.17) is 0 Å². The molecule has 0 atom stereocenters. The van der Waals surface area contributed by atoms with Crippen LogP contribution in [-0.4, -0.2) is 14.8 Å². The lowest BCUT2D eigenvalue weighted by Crippen LogP contribution is -1.88. The second kappa shape index (κ2) is 2.59. The van der Waals surface area contributed by atoms with E-state index in [0.29, 0.717) is 0 Å². The minimum atomic E-state index is 0.844. The zero-order valence-electron chi connectivity index (χ0n) is 7.28. The highest BCUT2D eigenvalue weighted by Gasteiger charge is 1.99. The standard InChI is InChI=1S/C9H11N3/c1-3-8-5-4-7-6-12(2)11-9(7)10-8/h4-6H,3H2,1-2H3. The Labute approximate surface area is 71.0 Å². The van der Waals surface area contributed by atoms with Crippen LogP contribution < -0.4 is 0 Å². The molecule has 0 spiro atoms. The van der Waals surface area contributed by atoms with E-state index in [2.05, 4.69) is 23.1 Å². The largest absolute Gasteiger partial charge is 0.273 e. The minimum Gasteiger partial charge on any atom is -0.273 e. The molecule has 2 heterocycles. The maximum absolute atomic E-state index is 4.38. The third-order valence-electron chi connectivity index (χ3n) is 1.90. The van der Waals surface area contributed by atoms with Crippen molar-refractivity contribution in [2.45, 2.75) is 13.3 Å². The van der Waals surface area contributed by atoms with Gasteiger partial charge in [0.05, 0.1) is 0 Å². The van der Waals surface area contributed by atoms with Gasteiger partial charge in [0.1, 0.15) is 0 Å². The van der Waals surface area contributed by atoms with Crippen LogP contribution in [0.25, 0.3) is 11.0 Å². The Morgan fingerprint density at radius 3 is 3.00 bits per heavy atom. The number of pyridine rings is 1. The van der Waals surface area contributed by atoms with E-state index in [1.807, 2.05) is 19.3 Å². The van der Waals surface area contributed by atoms with E-state index in [1.165, 1.54) is 0 Å². The van der Waals surface area contributed by atoms with Crippen molar-refractivity contribution in [1.29, 1.82) is 0 Å². The quantitative estimate of drug-likeness (QED) is 0.635. The van der Waals surface area contributed by atoms with Gasteiger partial charge in [-0.25, -0.2) is 4.98 Å².